The molecule has 0 saturated heterocycles. The van der Waals surface area contributed by atoms with Gasteiger partial charge in [-0.05, 0) is 30.3 Å². The van der Waals surface area contributed by atoms with Crippen LogP contribution in [0, 0.1) is 0 Å². The largest absolute Gasteiger partial charge is 0.465 e. The van der Waals surface area contributed by atoms with E-state index in [1.807, 2.05) is 30.3 Å². The molecule has 3 rings (SSSR count). The number of aromatic amines is 1. The van der Waals surface area contributed by atoms with Crippen LogP contribution in [0.5, 0.6) is 11.5 Å². The Labute approximate surface area is 126 Å². The van der Waals surface area contributed by atoms with E-state index in [-0.39, 0.29) is 11.0 Å². The quantitative estimate of drug-likeness (QED) is 0.754. The number of carbonyl (C=O) groups is 1. The van der Waals surface area contributed by atoms with Crippen molar-refractivity contribution in [3.63, 3.8) is 0 Å². The van der Waals surface area contributed by atoms with Gasteiger partial charge in [0, 0.05) is 11.7 Å². The topological polar surface area (TPSA) is 68.4 Å². The van der Waals surface area contributed by atoms with Gasteiger partial charge in [0.1, 0.15) is 17.1 Å². The monoisotopic (exact) mass is 295 g/mol. The Balaban J connectivity index is 2.06. The van der Waals surface area contributed by atoms with Gasteiger partial charge in [-0.1, -0.05) is 18.2 Å². The van der Waals surface area contributed by atoms with Crippen molar-refractivity contribution in [1.82, 2.24) is 4.98 Å². The average Bonchev–Trinajstić information content (AvgIpc) is 2.56. The Morgan fingerprint density at radius 2 is 1.82 bits per heavy atom. The predicted molar refractivity (Wildman–Crippen MR) is 82.4 cm³/mol. The van der Waals surface area contributed by atoms with E-state index in [0.29, 0.717) is 22.4 Å². The van der Waals surface area contributed by atoms with Crippen LogP contribution in [-0.4, -0.2) is 18.1 Å². The Morgan fingerprint density at radius 1 is 1.05 bits per heavy atom. The third-order valence-electron chi connectivity index (χ3n) is 3.24. The predicted octanol–water partition coefficient (Wildman–Crippen LogP) is 3.11. The highest BCUT2D eigenvalue weighted by Crippen LogP contribution is 2.23. The van der Waals surface area contributed by atoms with Crippen LogP contribution in [0.1, 0.15) is 10.4 Å². The van der Waals surface area contributed by atoms with Crippen molar-refractivity contribution < 1.29 is 14.3 Å². The van der Waals surface area contributed by atoms with Gasteiger partial charge in [0.25, 0.3) is 0 Å². The molecule has 3 aromatic rings. The first-order valence-electron chi connectivity index (χ1n) is 6.65. The summed E-state index contributed by atoms with van der Waals surface area (Å²) in [5.41, 5.74) is 0.198. The molecule has 1 N–H and O–H groups in total. The zero-order valence-electron chi connectivity index (χ0n) is 11.8. The summed E-state index contributed by atoms with van der Waals surface area (Å²) in [5, 5.41) is 0.372. The van der Waals surface area contributed by atoms with Crippen molar-refractivity contribution >= 4 is 16.9 Å². The number of fused-ring (bicyclic) bond motifs is 1. The molecule has 0 unspecified atom stereocenters. The highest BCUT2D eigenvalue weighted by molar-refractivity contribution is 5.93. The number of rotatable bonds is 3. The highest BCUT2D eigenvalue weighted by atomic mass is 16.5. The van der Waals surface area contributed by atoms with Gasteiger partial charge < -0.3 is 14.5 Å². The lowest BCUT2D eigenvalue weighted by atomic mass is 10.1. The molecular weight excluding hydrogens is 282 g/mol. The van der Waals surface area contributed by atoms with Gasteiger partial charge in [0.15, 0.2) is 0 Å². The van der Waals surface area contributed by atoms with Crippen LogP contribution < -0.4 is 10.2 Å². The highest BCUT2D eigenvalue weighted by Gasteiger charge is 2.13. The summed E-state index contributed by atoms with van der Waals surface area (Å²) in [6.07, 6.45) is 1.36. The van der Waals surface area contributed by atoms with Crippen molar-refractivity contribution in [2.75, 3.05) is 7.11 Å². The van der Waals surface area contributed by atoms with Gasteiger partial charge >= 0.3 is 5.97 Å². The van der Waals surface area contributed by atoms with E-state index in [2.05, 4.69) is 9.72 Å². The first-order valence-corrected chi connectivity index (χ1v) is 6.65. The Morgan fingerprint density at radius 3 is 2.55 bits per heavy atom. The molecule has 5 heteroatoms. The molecule has 22 heavy (non-hydrogen) atoms. The number of H-pyrrole nitrogens is 1. The Hall–Kier alpha value is -3.08. The molecule has 0 atom stereocenters. The van der Waals surface area contributed by atoms with Crippen LogP contribution in [0.3, 0.4) is 0 Å². The smallest absolute Gasteiger partial charge is 0.343 e. The number of carbonyl (C=O) groups excluding carboxylic acids is 1. The molecule has 0 bridgehead atoms. The van der Waals surface area contributed by atoms with Gasteiger partial charge in [0.2, 0.25) is 5.43 Å². The van der Waals surface area contributed by atoms with Crippen LogP contribution in [0.4, 0.5) is 0 Å². The number of benzene rings is 2. The summed E-state index contributed by atoms with van der Waals surface area (Å²) in [6.45, 7) is 0. The molecule has 0 fully saturated rings. The lowest BCUT2D eigenvalue weighted by Gasteiger charge is -2.07. The summed E-state index contributed by atoms with van der Waals surface area (Å²) in [4.78, 5) is 26.8. The number of hydrogen-bond donors (Lipinski definition) is 1. The van der Waals surface area contributed by atoms with Gasteiger partial charge in [-0.2, -0.15) is 0 Å². The summed E-state index contributed by atoms with van der Waals surface area (Å²) in [5.74, 6) is 0.520. The fourth-order valence-electron chi connectivity index (χ4n) is 2.15. The number of pyridine rings is 1. The zero-order chi connectivity index (χ0) is 15.5. The minimum absolute atomic E-state index is 0.0353. The first-order chi connectivity index (χ1) is 10.7. The maximum Gasteiger partial charge on any atom is 0.343 e. The molecule has 0 radical (unpaired) electrons. The van der Waals surface area contributed by atoms with Crippen molar-refractivity contribution in [3.8, 4) is 11.5 Å². The first kappa shape index (κ1) is 13.9. The average molecular weight is 295 g/mol. The maximum atomic E-state index is 12.4. The van der Waals surface area contributed by atoms with E-state index in [9.17, 15) is 9.59 Å². The van der Waals surface area contributed by atoms with Gasteiger partial charge in [-0.3, -0.25) is 4.79 Å². The number of para-hydroxylation sites is 1. The van der Waals surface area contributed by atoms with Crippen molar-refractivity contribution in [2.24, 2.45) is 0 Å². The van der Waals surface area contributed by atoms with Crippen LogP contribution in [0.25, 0.3) is 10.9 Å². The second-order valence-electron chi connectivity index (χ2n) is 4.65. The molecule has 0 amide bonds. The van der Waals surface area contributed by atoms with Crippen LogP contribution in [0.2, 0.25) is 0 Å². The third-order valence-corrected chi connectivity index (χ3v) is 3.24. The number of methoxy groups -OCH3 is 1. The van der Waals surface area contributed by atoms with Crippen LogP contribution >= 0.6 is 0 Å². The Kier molecular flexibility index (Phi) is 3.62. The van der Waals surface area contributed by atoms with Gasteiger partial charge in [-0.15, -0.1) is 0 Å². The number of esters is 1. The van der Waals surface area contributed by atoms with E-state index >= 15 is 0 Å². The summed E-state index contributed by atoms with van der Waals surface area (Å²) >= 11 is 0. The molecule has 110 valence electrons. The molecule has 0 spiro atoms. The second-order valence-corrected chi connectivity index (χ2v) is 4.65. The number of hydrogen-bond acceptors (Lipinski definition) is 4. The van der Waals surface area contributed by atoms with E-state index < -0.39 is 5.97 Å². The lowest BCUT2D eigenvalue weighted by Crippen LogP contribution is -2.16. The second kappa shape index (κ2) is 5.73. The molecular formula is C17H13NO4. The van der Waals surface area contributed by atoms with Crippen molar-refractivity contribution in [3.05, 3.63) is 70.5 Å². The summed E-state index contributed by atoms with van der Waals surface area (Å²) in [7, 11) is 1.24. The van der Waals surface area contributed by atoms with Crippen LogP contribution in [0.15, 0.2) is 59.5 Å². The molecule has 1 heterocycles. The van der Waals surface area contributed by atoms with Crippen molar-refractivity contribution in [2.45, 2.75) is 0 Å². The van der Waals surface area contributed by atoms with Crippen LogP contribution in [-0.2, 0) is 4.74 Å². The molecule has 1 aromatic heterocycles. The number of ether oxygens (including phenoxy) is 2. The number of aromatic nitrogens is 1. The molecule has 0 aliphatic carbocycles. The Bertz CT molecular complexity index is 884. The van der Waals surface area contributed by atoms with Gasteiger partial charge in [0.05, 0.1) is 12.5 Å². The fourth-order valence-corrected chi connectivity index (χ4v) is 2.15. The molecule has 5 nitrogen and oxygen atoms in total. The maximum absolute atomic E-state index is 12.4. The third kappa shape index (κ3) is 2.56. The standard InChI is InChI=1S/C17H13NO4/c1-21-17(20)14-10-18-15-8-7-12(9-13(15)16(14)19)22-11-5-3-2-4-6-11/h2-10H,1H3,(H,18,19). The zero-order valence-corrected chi connectivity index (χ0v) is 11.8. The van der Waals surface area contributed by atoms with E-state index in [1.54, 1.807) is 18.2 Å². The molecule has 0 saturated carbocycles. The van der Waals surface area contributed by atoms with Gasteiger partial charge in [-0.25, -0.2) is 4.79 Å². The minimum Gasteiger partial charge on any atom is -0.465 e. The lowest BCUT2D eigenvalue weighted by molar-refractivity contribution is 0.0599. The van der Waals surface area contributed by atoms with E-state index in [1.165, 1.54) is 13.3 Å². The molecule has 0 aliphatic rings. The van der Waals surface area contributed by atoms with E-state index in [4.69, 9.17) is 4.74 Å². The SMILES string of the molecule is COC(=O)c1c[nH]c2ccc(Oc3ccccc3)cc2c1=O. The summed E-state index contributed by atoms with van der Waals surface area (Å²) < 4.78 is 10.3. The van der Waals surface area contributed by atoms with Crippen molar-refractivity contribution in [1.29, 1.82) is 0 Å². The molecule has 2 aromatic carbocycles. The summed E-state index contributed by atoms with van der Waals surface area (Å²) in [6, 6.07) is 14.3. The normalized spacial score (nSPS) is 10.4. The van der Waals surface area contributed by atoms with E-state index in [0.717, 1.165) is 0 Å². The minimum atomic E-state index is -0.669. The fraction of sp³-hybridized carbons (Fsp3) is 0.0588. The molecule has 0 aliphatic heterocycles. The number of nitrogens with one attached hydrogen (secondary N) is 1.